The molecule has 3 amide bonds. The van der Waals surface area contributed by atoms with E-state index in [4.69, 9.17) is 16.2 Å². The third-order valence-corrected chi connectivity index (χ3v) is 7.50. The Morgan fingerprint density at radius 3 is 2.45 bits per heavy atom. The number of para-hydroxylation sites is 1. The van der Waals surface area contributed by atoms with Crippen molar-refractivity contribution in [1.29, 1.82) is 0 Å². The van der Waals surface area contributed by atoms with Crippen LogP contribution in [0.3, 0.4) is 0 Å². The predicted octanol–water partition coefficient (Wildman–Crippen LogP) is 3.80. The van der Waals surface area contributed by atoms with Crippen LogP contribution in [-0.4, -0.2) is 40.1 Å². The molecule has 0 radical (unpaired) electrons. The van der Waals surface area contributed by atoms with Crippen LogP contribution in [0, 0.1) is 5.82 Å². The Hall–Kier alpha value is -3.99. The van der Waals surface area contributed by atoms with E-state index in [0.717, 1.165) is 43.6 Å². The number of amides is 3. The van der Waals surface area contributed by atoms with Gasteiger partial charge in [0.15, 0.2) is 5.69 Å². The average molecular weight is 540 g/mol. The molecule has 38 heavy (non-hydrogen) atoms. The number of hydrogen-bond acceptors (Lipinski definition) is 7. The number of nitrogens with zero attached hydrogens (tertiary/aromatic N) is 2. The van der Waals surface area contributed by atoms with Crippen molar-refractivity contribution < 1.29 is 23.5 Å². The molecular formula is C27H30FN5O4S. The van der Waals surface area contributed by atoms with Gasteiger partial charge in [-0.3, -0.25) is 14.4 Å². The zero-order chi connectivity index (χ0) is 27.2. The molecule has 0 unspecified atom stereocenters. The van der Waals surface area contributed by atoms with Gasteiger partial charge < -0.3 is 26.4 Å². The topological polar surface area (TPSA) is 141 Å². The highest BCUT2D eigenvalue weighted by Gasteiger charge is 2.36. The van der Waals surface area contributed by atoms with E-state index in [-0.39, 0.29) is 28.8 Å². The smallest absolute Gasteiger partial charge is 0.270 e. The van der Waals surface area contributed by atoms with E-state index in [1.165, 1.54) is 36.3 Å². The van der Waals surface area contributed by atoms with Crippen LogP contribution < -0.4 is 21.5 Å². The van der Waals surface area contributed by atoms with Gasteiger partial charge in [-0.1, -0.05) is 49.6 Å². The van der Waals surface area contributed by atoms with E-state index in [1.54, 1.807) is 24.3 Å². The van der Waals surface area contributed by atoms with Gasteiger partial charge in [-0.25, -0.2) is 4.39 Å². The summed E-state index contributed by atoms with van der Waals surface area (Å²) in [5, 5.41) is 3.10. The summed E-state index contributed by atoms with van der Waals surface area (Å²) >= 11 is 0.734. The Labute approximate surface area is 224 Å². The van der Waals surface area contributed by atoms with Gasteiger partial charge in [0.2, 0.25) is 5.91 Å². The first-order valence-electron chi connectivity index (χ1n) is 12.3. The molecular weight excluding hydrogens is 509 g/mol. The Kier molecular flexibility index (Phi) is 8.57. The highest BCUT2D eigenvalue weighted by atomic mass is 32.1. The van der Waals surface area contributed by atoms with Crippen LogP contribution in [0.25, 0.3) is 0 Å². The van der Waals surface area contributed by atoms with Gasteiger partial charge in [0.25, 0.3) is 11.8 Å². The third kappa shape index (κ3) is 5.94. The third-order valence-electron chi connectivity index (χ3n) is 6.65. The molecule has 200 valence electrons. The summed E-state index contributed by atoms with van der Waals surface area (Å²) in [6, 6.07) is 11.4. The quantitative estimate of drug-likeness (QED) is 0.378. The van der Waals surface area contributed by atoms with Crippen molar-refractivity contribution in [2.75, 3.05) is 12.8 Å². The number of nitrogen functional groups attached to an aromatic ring is 1. The highest BCUT2D eigenvalue weighted by molar-refractivity contribution is 7.09. The number of nitrogens with two attached hydrogens (primary N) is 2. The SMILES string of the molecule is COc1ccccc1CN(C(=O)c1snc(C(N)=O)c1N)[C@H](C(=O)NC1CCCCC1)c1ccc(F)cc1. The van der Waals surface area contributed by atoms with Gasteiger partial charge in [0.1, 0.15) is 22.5 Å². The number of primary amides is 1. The molecule has 1 aliphatic carbocycles. The Morgan fingerprint density at radius 2 is 1.82 bits per heavy atom. The molecule has 1 heterocycles. The summed E-state index contributed by atoms with van der Waals surface area (Å²) in [4.78, 5) is 41.0. The monoisotopic (exact) mass is 539 g/mol. The minimum absolute atomic E-state index is 0.0220. The van der Waals surface area contributed by atoms with Gasteiger partial charge in [0.05, 0.1) is 19.3 Å². The lowest BCUT2D eigenvalue weighted by molar-refractivity contribution is -0.127. The van der Waals surface area contributed by atoms with Crippen molar-refractivity contribution in [2.45, 2.75) is 50.7 Å². The molecule has 0 spiro atoms. The van der Waals surface area contributed by atoms with E-state index in [1.807, 2.05) is 0 Å². The summed E-state index contributed by atoms with van der Waals surface area (Å²) in [6.07, 6.45) is 4.80. The molecule has 5 N–H and O–H groups in total. The maximum Gasteiger partial charge on any atom is 0.270 e. The summed E-state index contributed by atoms with van der Waals surface area (Å²) in [5.74, 6) is -1.83. The van der Waals surface area contributed by atoms with Crippen molar-refractivity contribution in [1.82, 2.24) is 14.6 Å². The Bertz CT molecular complexity index is 1310. The van der Waals surface area contributed by atoms with Crippen molar-refractivity contribution in [3.63, 3.8) is 0 Å². The van der Waals surface area contributed by atoms with Crippen molar-refractivity contribution in [3.8, 4) is 5.75 Å². The fraction of sp³-hybridized carbons (Fsp3) is 0.333. The van der Waals surface area contributed by atoms with Crippen LogP contribution >= 0.6 is 11.5 Å². The summed E-state index contributed by atoms with van der Waals surface area (Å²) in [6.45, 7) is -0.0355. The Balaban J connectivity index is 1.81. The number of carbonyl (C=O) groups excluding carboxylic acids is 3. The molecule has 1 fully saturated rings. The van der Waals surface area contributed by atoms with E-state index < -0.39 is 29.6 Å². The minimum atomic E-state index is -1.13. The normalized spacial score (nSPS) is 14.5. The molecule has 11 heteroatoms. The zero-order valence-corrected chi connectivity index (χ0v) is 21.8. The molecule has 1 atom stereocenters. The van der Waals surface area contributed by atoms with E-state index >= 15 is 0 Å². The number of aromatic nitrogens is 1. The highest BCUT2D eigenvalue weighted by Crippen LogP contribution is 2.32. The van der Waals surface area contributed by atoms with Gasteiger partial charge in [0, 0.05) is 11.6 Å². The Morgan fingerprint density at radius 1 is 1.13 bits per heavy atom. The molecule has 1 aliphatic rings. The number of nitrogens with one attached hydrogen (secondary N) is 1. The molecule has 1 aromatic heterocycles. The van der Waals surface area contributed by atoms with Crippen molar-refractivity contribution >= 4 is 34.9 Å². The number of benzene rings is 2. The number of carbonyl (C=O) groups is 3. The zero-order valence-electron chi connectivity index (χ0n) is 21.0. The molecule has 3 aromatic rings. The number of hydrogen-bond donors (Lipinski definition) is 3. The fourth-order valence-electron chi connectivity index (χ4n) is 4.70. The van der Waals surface area contributed by atoms with Crippen LogP contribution in [0.2, 0.25) is 0 Å². The molecule has 0 bridgehead atoms. The van der Waals surface area contributed by atoms with Crippen LogP contribution in [0.15, 0.2) is 48.5 Å². The number of rotatable bonds is 9. The lowest BCUT2D eigenvalue weighted by Crippen LogP contribution is -2.46. The van der Waals surface area contributed by atoms with Gasteiger partial charge >= 0.3 is 0 Å². The average Bonchev–Trinajstić information content (AvgIpc) is 3.31. The first kappa shape index (κ1) is 27.1. The number of halogens is 1. The molecule has 2 aromatic carbocycles. The van der Waals surface area contributed by atoms with Gasteiger partial charge in [-0.15, -0.1) is 0 Å². The molecule has 0 aliphatic heterocycles. The molecule has 1 saturated carbocycles. The van der Waals surface area contributed by atoms with Crippen LogP contribution in [0.5, 0.6) is 5.75 Å². The van der Waals surface area contributed by atoms with Crippen LogP contribution in [0.1, 0.15) is 69.4 Å². The summed E-state index contributed by atoms with van der Waals surface area (Å²) in [7, 11) is 1.51. The van der Waals surface area contributed by atoms with E-state index in [0.29, 0.717) is 16.9 Å². The number of methoxy groups -OCH3 is 1. The number of anilines is 1. The summed E-state index contributed by atoms with van der Waals surface area (Å²) < 4.78 is 23.3. The lowest BCUT2D eigenvalue weighted by atomic mass is 9.94. The minimum Gasteiger partial charge on any atom is -0.496 e. The summed E-state index contributed by atoms with van der Waals surface area (Å²) in [5.41, 5.74) is 12.2. The second-order valence-electron chi connectivity index (χ2n) is 9.18. The maximum absolute atomic E-state index is 14.1. The predicted molar refractivity (Wildman–Crippen MR) is 142 cm³/mol. The largest absolute Gasteiger partial charge is 0.496 e. The van der Waals surface area contributed by atoms with Crippen LogP contribution in [-0.2, 0) is 11.3 Å². The van der Waals surface area contributed by atoms with E-state index in [9.17, 15) is 18.8 Å². The molecule has 9 nitrogen and oxygen atoms in total. The van der Waals surface area contributed by atoms with E-state index in [2.05, 4.69) is 9.69 Å². The van der Waals surface area contributed by atoms with Gasteiger partial charge in [-0.2, -0.15) is 4.37 Å². The standard InChI is InChI=1S/C27H30FN5O4S/c1-37-20-10-6-5-7-17(20)15-33(27(36)24-21(29)22(25(30)34)32-38-24)23(16-11-13-18(28)14-12-16)26(35)31-19-8-3-2-4-9-19/h5-7,10-14,19,23H,2-4,8-9,15,29H2,1H3,(H2,30,34)(H,31,35)/t23-/m0/s1. The first-order valence-corrected chi connectivity index (χ1v) is 13.1. The second-order valence-corrected chi connectivity index (χ2v) is 9.95. The number of ether oxygens (including phenoxy) is 1. The van der Waals surface area contributed by atoms with Gasteiger partial charge in [-0.05, 0) is 48.1 Å². The maximum atomic E-state index is 14.1. The van der Waals surface area contributed by atoms with Crippen molar-refractivity contribution in [3.05, 3.63) is 76.0 Å². The van der Waals surface area contributed by atoms with Crippen LogP contribution in [0.4, 0.5) is 10.1 Å². The fourth-order valence-corrected chi connectivity index (χ4v) is 5.46. The first-order chi connectivity index (χ1) is 18.3. The molecule has 4 rings (SSSR count). The lowest BCUT2D eigenvalue weighted by Gasteiger charge is -2.33. The van der Waals surface area contributed by atoms with Crippen molar-refractivity contribution in [2.24, 2.45) is 5.73 Å². The molecule has 0 saturated heterocycles. The second kappa shape index (κ2) is 12.0.